The SMILES string of the molecule is O=C(NC1CCCCC1)c1cnc(Nc2ccc(F)c(F)c2)cn1. The molecular formula is C17H18F2N4O. The van der Waals surface area contributed by atoms with E-state index >= 15 is 0 Å². The van der Waals surface area contributed by atoms with Gasteiger partial charge in [-0.2, -0.15) is 0 Å². The Morgan fingerprint density at radius 2 is 1.83 bits per heavy atom. The van der Waals surface area contributed by atoms with Crippen LogP contribution in [0, 0.1) is 11.6 Å². The van der Waals surface area contributed by atoms with Crippen molar-refractivity contribution in [3.05, 3.63) is 47.9 Å². The lowest BCUT2D eigenvalue weighted by atomic mass is 9.95. The number of nitrogens with one attached hydrogen (secondary N) is 2. The van der Waals surface area contributed by atoms with Gasteiger partial charge in [-0.1, -0.05) is 19.3 Å². The van der Waals surface area contributed by atoms with Crippen LogP contribution >= 0.6 is 0 Å². The van der Waals surface area contributed by atoms with Gasteiger partial charge in [0, 0.05) is 17.8 Å². The first-order chi connectivity index (χ1) is 11.6. The van der Waals surface area contributed by atoms with Crippen LogP contribution in [0.3, 0.4) is 0 Å². The second kappa shape index (κ2) is 7.33. The van der Waals surface area contributed by atoms with Gasteiger partial charge in [-0.25, -0.2) is 18.7 Å². The molecular weight excluding hydrogens is 314 g/mol. The Morgan fingerprint density at radius 3 is 2.50 bits per heavy atom. The first-order valence-electron chi connectivity index (χ1n) is 7.97. The van der Waals surface area contributed by atoms with E-state index in [4.69, 9.17) is 0 Å². The van der Waals surface area contributed by atoms with Gasteiger partial charge in [-0.3, -0.25) is 4.79 Å². The molecule has 0 spiro atoms. The summed E-state index contributed by atoms with van der Waals surface area (Å²) in [5, 5.41) is 5.77. The van der Waals surface area contributed by atoms with Gasteiger partial charge in [0.1, 0.15) is 11.5 Å². The Balaban J connectivity index is 1.61. The van der Waals surface area contributed by atoms with Crippen molar-refractivity contribution >= 4 is 17.4 Å². The lowest BCUT2D eigenvalue weighted by Crippen LogP contribution is -2.36. The van der Waals surface area contributed by atoms with Crippen LogP contribution in [-0.2, 0) is 0 Å². The van der Waals surface area contributed by atoms with E-state index in [-0.39, 0.29) is 17.6 Å². The second-order valence-electron chi connectivity index (χ2n) is 5.85. The Labute approximate surface area is 138 Å². The maximum atomic E-state index is 13.2. The summed E-state index contributed by atoms with van der Waals surface area (Å²) in [4.78, 5) is 20.3. The summed E-state index contributed by atoms with van der Waals surface area (Å²) in [6.45, 7) is 0. The predicted molar refractivity (Wildman–Crippen MR) is 86.0 cm³/mol. The predicted octanol–water partition coefficient (Wildman–Crippen LogP) is 3.56. The molecule has 1 heterocycles. The average molecular weight is 332 g/mol. The number of anilines is 2. The molecule has 1 amide bonds. The number of amides is 1. The van der Waals surface area contributed by atoms with Gasteiger partial charge in [-0.05, 0) is 25.0 Å². The Bertz CT molecular complexity index is 715. The number of carbonyl (C=O) groups is 1. The standard InChI is InChI=1S/C17H18F2N4O/c18-13-7-6-12(8-14(13)19)22-16-10-20-15(9-21-16)17(24)23-11-4-2-1-3-5-11/h6-11H,1-5H2,(H,21,22)(H,23,24). The van der Waals surface area contributed by atoms with Crippen LogP contribution in [0.1, 0.15) is 42.6 Å². The van der Waals surface area contributed by atoms with Crippen LogP contribution in [0.2, 0.25) is 0 Å². The van der Waals surface area contributed by atoms with Crippen molar-refractivity contribution in [2.45, 2.75) is 38.1 Å². The summed E-state index contributed by atoms with van der Waals surface area (Å²) in [5.41, 5.74) is 0.582. The number of hydrogen-bond acceptors (Lipinski definition) is 4. The zero-order valence-electron chi connectivity index (χ0n) is 13.1. The number of nitrogens with zero attached hydrogens (tertiary/aromatic N) is 2. The van der Waals surface area contributed by atoms with Crippen molar-refractivity contribution in [3.8, 4) is 0 Å². The molecule has 3 rings (SSSR count). The number of halogens is 2. The summed E-state index contributed by atoms with van der Waals surface area (Å²) in [7, 11) is 0. The van der Waals surface area contributed by atoms with E-state index in [0.29, 0.717) is 11.5 Å². The van der Waals surface area contributed by atoms with E-state index in [1.165, 1.54) is 24.9 Å². The van der Waals surface area contributed by atoms with Crippen LogP contribution in [0.5, 0.6) is 0 Å². The van der Waals surface area contributed by atoms with E-state index in [1.807, 2.05) is 0 Å². The summed E-state index contributed by atoms with van der Waals surface area (Å²) < 4.78 is 26.1. The van der Waals surface area contributed by atoms with Crippen molar-refractivity contribution < 1.29 is 13.6 Å². The van der Waals surface area contributed by atoms with Gasteiger partial charge in [-0.15, -0.1) is 0 Å². The van der Waals surface area contributed by atoms with E-state index < -0.39 is 11.6 Å². The fraction of sp³-hybridized carbons (Fsp3) is 0.353. The summed E-state index contributed by atoms with van der Waals surface area (Å²) in [5.74, 6) is -1.76. The smallest absolute Gasteiger partial charge is 0.271 e. The van der Waals surface area contributed by atoms with Crippen LogP contribution in [0.25, 0.3) is 0 Å². The van der Waals surface area contributed by atoms with Gasteiger partial charge in [0.25, 0.3) is 5.91 Å². The molecule has 7 heteroatoms. The molecule has 1 aromatic heterocycles. The molecule has 0 saturated heterocycles. The number of hydrogen-bond donors (Lipinski definition) is 2. The fourth-order valence-corrected chi connectivity index (χ4v) is 2.74. The molecule has 0 bridgehead atoms. The third kappa shape index (κ3) is 4.04. The molecule has 24 heavy (non-hydrogen) atoms. The van der Waals surface area contributed by atoms with E-state index in [9.17, 15) is 13.6 Å². The number of carbonyl (C=O) groups excluding carboxylic acids is 1. The minimum atomic E-state index is -0.948. The Hall–Kier alpha value is -2.57. The summed E-state index contributed by atoms with van der Waals surface area (Å²) in [6.07, 6.45) is 8.22. The molecule has 1 saturated carbocycles. The zero-order chi connectivity index (χ0) is 16.9. The van der Waals surface area contributed by atoms with Crippen LogP contribution in [-0.4, -0.2) is 21.9 Å². The molecule has 126 valence electrons. The van der Waals surface area contributed by atoms with Gasteiger partial charge < -0.3 is 10.6 Å². The monoisotopic (exact) mass is 332 g/mol. The maximum Gasteiger partial charge on any atom is 0.271 e. The molecule has 0 aliphatic heterocycles. The lowest BCUT2D eigenvalue weighted by molar-refractivity contribution is 0.0922. The van der Waals surface area contributed by atoms with E-state index in [2.05, 4.69) is 20.6 Å². The molecule has 1 aliphatic rings. The molecule has 1 aromatic carbocycles. The third-order valence-corrected chi connectivity index (χ3v) is 4.02. The number of aromatic nitrogens is 2. The van der Waals surface area contributed by atoms with Crippen molar-refractivity contribution in [1.82, 2.24) is 15.3 Å². The van der Waals surface area contributed by atoms with Crippen LogP contribution < -0.4 is 10.6 Å². The number of benzene rings is 1. The van der Waals surface area contributed by atoms with Gasteiger partial charge in [0.15, 0.2) is 11.6 Å². The summed E-state index contributed by atoms with van der Waals surface area (Å²) in [6, 6.07) is 3.65. The molecule has 2 N–H and O–H groups in total. The highest BCUT2D eigenvalue weighted by atomic mass is 19.2. The molecule has 0 radical (unpaired) electrons. The van der Waals surface area contributed by atoms with Crippen molar-refractivity contribution in [2.24, 2.45) is 0 Å². The molecule has 1 aliphatic carbocycles. The lowest BCUT2D eigenvalue weighted by Gasteiger charge is -2.22. The van der Waals surface area contributed by atoms with Gasteiger partial charge in [0.05, 0.1) is 12.4 Å². The highest BCUT2D eigenvalue weighted by Gasteiger charge is 2.17. The normalized spacial score (nSPS) is 15.1. The number of rotatable bonds is 4. The van der Waals surface area contributed by atoms with Crippen LogP contribution in [0.4, 0.5) is 20.3 Å². The van der Waals surface area contributed by atoms with E-state index in [1.54, 1.807) is 0 Å². The second-order valence-corrected chi connectivity index (χ2v) is 5.85. The third-order valence-electron chi connectivity index (χ3n) is 4.02. The topological polar surface area (TPSA) is 66.9 Å². The molecule has 1 fully saturated rings. The van der Waals surface area contributed by atoms with Crippen molar-refractivity contribution in [3.63, 3.8) is 0 Å². The fourth-order valence-electron chi connectivity index (χ4n) is 2.74. The van der Waals surface area contributed by atoms with E-state index in [0.717, 1.165) is 37.8 Å². The maximum absolute atomic E-state index is 13.2. The Kier molecular flexibility index (Phi) is 4.98. The van der Waals surface area contributed by atoms with Crippen LogP contribution in [0.15, 0.2) is 30.6 Å². The largest absolute Gasteiger partial charge is 0.348 e. The quantitative estimate of drug-likeness (QED) is 0.898. The molecule has 5 nitrogen and oxygen atoms in total. The van der Waals surface area contributed by atoms with Gasteiger partial charge >= 0.3 is 0 Å². The first kappa shape index (κ1) is 16.3. The first-order valence-corrected chi connectivity index (χ1v) is 7.97. The highest BCUT2D eigenvalue weighted by molar-refractivity contribution is 5.92. The highest BCUT2D eigenvalue weighted by Crippen LogP contribution is 2.18. The molecule has 0 atom stereocenters. The summed E-state index contributed by atoms with van der Waals surface area (Å²) >= 11 is 0. The van der Waals surface area contributed by atoms with Gasteiger partial charge in [0.2, 0.25) is 0 Å². The van der Waals surface area contributed by atoms with Crippen molar-refractivity contribution in [1.29, 1.82) is 0 Å². The average Bonchev–Trinajstić information content (AvgIpc) is 2.60. The Morgan fingerprint density at radius 1 is 1.04 bits per heavy atom. The minimum absolute atomic E-state index is 0.202. The van der Waals surface area contributed by atoms with Crippen molar-refractivity contribution in [2.75, 3.05) is 5.32 Å². The molecule has 0 unspecified atom stereocenters. The zero-order valence-corrected chi connectivity index (χ0v) is 13.1. The molecule has 2 aromatic rings. The minimum Gasteiger partial charge on any atom is -0.348 e.